The van der Waals surface area contributed by atoms with Gasteiger partial charge in [0, 0.05) is 0 Å². The minimum atomic E-state index is -1.25. The Bertz CT molecular complexity index is 876. The van der Waals surface area contributed by atoms with Crippen molar-refractivity contribution in [2.45, 2.75) is 12.8 Å². The van der Waals surface area contributed by atoms with Crippen molar-refractivity contribution in [1.29, 1.82) is 0 Å². The van der Waals surface area contributed by atoms with Crippen molar-refractivity contribution < 1.29 is 59.0 Å². The van der Waals surface area contributed by atoms with Crippen LogP contribution in [0.15, 0.2) is 49.6 Å². The number of rotatable bonds is 8. The van der Waals surface area contributed by atoms with Crippen LogP contribution in [0.1, 0.15) is 31.8 Å². The summed E-state index contributed by atoms with van der Waals surface area (Å²) in [5.41, 5.74) is 0.843. The molecule has 0 heterocycles. The van der Waals surface area contributed by atoms with Crippen molar-refractivity contribution in [3.63, 3.8) is 0 Å². The molecule has 0 radical (unpaired) electrons. The van der Waals surface area contributed by atoms with Crippen molar-refractivity contribution in [1.82, 2.24) is 0 Å². The molecule has 0 saturated carbocycles. The van der Waals surface area contributed by atoms with E-state index in [1.165, 1.54) is 38.5 Å². The first-order chi connectivity index (χ1) is 14.2. The Labute approximate surface area is 192 Å². The Kier molecular flexibility index (Phi) is 11.7. The summed E-state index contributed by atoms with van der Waals surface area (Å²) < 4.78 is 9.63. The molecule has 0 aromatic heterocycles. The largest absolute Gasteiger partial charge is 2.00 e. The molecule has 0 aliphatic rings. The van der Waals surface area contributed by atoms with Gasteiger partial charge in [-0.3, -0.25) is 0 Å². The maximum atomic E-state index is 11.5. The number of aromatic carboxylic acids is 2. The molecule has 0 unspecified atom stereocenters. The molecule has 9 heteroatoms. The van der Waals surface area contributed by atoms with E-state index in [0.29, 0.717) is 24.0 Å². The molecular formula is C22H22O8Zn. The van der Waals surface area contributed by atoms with Gasteiger partial charge in [0.25, 0.3) is 0 Å². The molecule has 160 valence electrons. The van der Waals surface area contributed by atoms with Crippen LogP contribution in [-0.2, 0) is 32.3 Å². The predicted molar refractivity (Wildman–Crippen MR) is 107 cm³/mol. The first-order valence-electron chi connectivity index (χ1n) is 8.64. The number of benzene rings is 2. The summed E-state index contributed by atoms with van der Waals surface area (Å²) >= 11 is 0. The fraction of sp³-hybridized carbons (Fsp3) is 0.182. The van der Waals surface area contributed by atoms with E-state index in [9.17, 15) is 19.8 Å². The summed E-state index contributed by atoms with van der Waals surface area (Å²) in [6, 6.07) is 5.73. The predicted octanol–water partition coefficient (Wildman–Crippen LogP) is 2.39. The van der Waals surface area contributed by atoms with Crippen LogP contribution in [0.4, 0.5) is 0 Å². The summed E-state index contributed by atoms with van der Waals surface area (Å²) in [5.74, 6) is -3.59. The second-order valence-electron chi connectivity index (χ2n) is 5.95. The van der Waals surface area contributed by atoms with Gasteiger partial charge < -0.3 is 29.9 Å². The molecule has 31 heavy (non-hydrogen) atoms. The van der Waals surface area contributed by atoms with Gasteiger partial charge in [0.2, 0.25) is 0 Å². The molecule has 0 aliphatic heterocycles. The smallest absolute Gasteiger partial charge is 0.869 e. The second kappa shape index (κ2) is 13.1. The number of ether oxygens (including phenoxy) is 2. The number of hydrogen-bond donors (Lipinski definition) is 2. The average Bonchev–Trinajstić information content (AvgIpc) is 2.70. The fourth-order valence-corrected chi connectivity index (χ4v) is 2.51. The van der Waals surface area contributed by atoms with Crippen molar-refractivity contribution in [2.75, 3.05) is 14.2 Å². The van der Waals surface area contributed by atoms with Gasteiger partial charge in [0.1, 0.15) is 11.5 Å². The standard InChI is InChI=1S/2C11H12O4.Zn/c2*1-3-4-7-5-8(11(13)14)10(12)9(6-7)15-2;/h2*3,5-6,12H,1,4H2,2H3,(H,13,14);/q;;+2/p-2. The maximum Gasteiger partial charge on any atom is 2.00 e. The van der Waals surface area contributed by atoms with E-state index >= 15 is 0 Å². The quantitative estimate of drug-likeness (QED) is 0.434. The minimum absolute atomic E-state index is 0. The summed E-state index contributed by atoms with van der Waals surface area (Å²) in [6.07, 6.45) is 4.25. The summed E-state index contributed by atoms with van der Waals surface area (Å²) in [7, 11) is 2.67. The zero-order valence-corrected chi connectivity index (χ0v) is 20.3. The molecule has 0 saturated heterocycles. The number of methoxy groups -OCH3 is 2. The normalized spacial score (nSPS) is 9.35. The molecule has 2 aromatic rings. The average molecular weight is 480 g/mol. The number of carbonyl (C=O) groups is 2. The number of allylic oxidation sites excluding steroid dienone is 2. The topological polar surface area (TPSA) is 139 Å². The molecule has 0 fully saturated rings. The first kappa shape index (κ1) is 27.7. The van der Waals surface area contributed by atoms with Gasteiger partial charge in [-0.15, -0.1) is 13.2 Å². The van der Waals surface area contributed by atoms with Crippen LogP contribution in [-0.4, -0.2) is 36.4 Å². The summed E-state index contributed by atoms with van der Waals surface area (Å²) in [4.78, 5) is 21.5. The minimum Gasteiger partial charge on any atom is -0.869 e. The zero-order valence-electron chi connectivity index (χ0n) is 17.3. The van der Waals surface area contributed by atoms with E-state index in [-0.39, 0.29) is 42.1 Å². The SMILES string of the molecule is C=CCc1cc(OC)c([O-])c(C(=O)O)c1.C=CCc1cc(OC)c([O-])c(C(=O)O)c1.[Zn+2]. The van der Waals surface area contributed by atoms with E-state index in [2.05, 4.69) is 13.2 Å². The van der Waals surface area contributed by atoms with E-state index in [1.807, 2.05) is 0 Å². The molecule has 0 aliphatic carbocycles. The molecule has 0 bridgehead atoms. The molecule has 2 aromatic carbocycles. The van der Waals surface area contributed by atoms with Gasteiger partial charge >= 0.3 is 31.4 Å². The second-order valence-corrected chi connectivity index (χ2v) is 5.95. The van der Waals surface area contributed by atoms with Crippen molar-refractivity contribution in [3.8, 4) is 23.0 Å². The van der Waals surface area contributed by atoms with Crippen molar-refractivity contribution in [3.05, 3.63) is 71.8 Å². The van der Waals surface area contributed by atoms with Crippen LogP contribution in [0, 0.1) is 0 Å². The van der Waals surface area contributed by atoms with E-state index in [1.54, 1.807) is 12.2 Å². The molecule has 8 nitrogen and oxygen atoms in total. The fourth-order valence-electron chi connectivity index (χ4n) is 2.51. The first-order valence-corrected chi connectivity index (χ1v) is 8.64. The van der Waals surface area contributed by atoms with E-state index < -0.39 is 23.4 Å². The molecule has 2 N–H and O–H groups in total. The van der Waals surface area contributed by atoms with Crippen LogP contribution in [0.5, 0.6) is 23.0 Å². The van der Waals surface area contributed by atoms with Gasteiger partial charge in [-0.25, -0.2) is 9.59 Å². The maximum absolute atomic E-state index is 11.5. The number of carboxylic acids is 2. The molecule has 0 amide bonds. The van der Waals surface area contributed by atoms with Crippen molar-refractivity contribution in [2.24, 2.45) is 0 Å². The summed E-state index contributed by atoms with van der Waals surface area (Å²) in [6.45, 7) is 7.08. The Hall–Kier alpha value is -3.32. The van der Waals surface area contributed by atoms with Crippen LogP contribution < -0.4 is 19.7 Å². The molecule has 2 rings (SSSR count). The van der Waals surface area contributed by atoms with Crippen molar-refractivity contribution >= 4 is 11.9 Å². The van der Waals surface area contributed by atoms with E-state index in [0.717, 1.165) is 0 Å². The van der Waals surface area contributed by atoms with Gasteiger partial charge in [0.15, 0.2) is 0 Å². The Morgan fingerprint density at radius 1 is 0.839 bits per heavy atom. The monoisotopic (exact) mass is 478 g/mol. The van der Waals surface area contributed by atoms with Gasteiger partial charge in [-0.1, -0.05) is 23.7 Å². The van der Waals surface area contributed by atoms with Crippen LogP contribution in [0.3, 0.4) is 0 Å². The third-order valence-corrected chi connectivity index (χ3v) is 3.89. The van der Waals surface area contributed by atoms with Gasteiger partial charge in [-0.05, 0) is 48.2 Å². The van der Waals surface area contributed by atoms with E-state index in [4.69, 9.17) is 19.7 Å². The Morgan fingerprint density at radius 3 is 1.39 bits per heavy atom. The van der Waals surface area contributed by atoms with Gasteiger partial charge in [0.05, 0.1) is 25.3 Å². The Morgan fingerprint density at radius 2 is 1.16 bits per heavy atom. The third kappa shape index (κ3) is 7.46. The summed E-state index contributed by atoms with van der Waals surface area (Å²) in [5, 5.41) is 40.5. The molecular weight excluding hydrogens is 458 g/mol. The number of carboxylic acid groups (broad SMARTS) is 2. The van der Waals surface area contributed by atoms with Crippen LogP contribution >= 0.6 is 0 Å². The number of hydrogen-bond acceptors (Lipinski definition) is 6. The third-order valence-electron chi connectivity index (χ3n) is 3.89. The molecule has 0 spiro atoms. The molecule has 0 atom stereocenters. The van der Waals surface area contributed by atoms with Crippen LogP contribution in [0.25, 0.3) is 0 Å². The Balaban J connectivity index is 0.000000562. The van der Waals surface area contributed by atoms with Gasteiger partial charge in [-0.2, -0.15) is 0 Å². The zero-order chi connectivity index (χ0) is 22.8. The van der Waals surface area contributed by atoms with Crippen LogP contribution in [0.2, 0.25) is 0 Å².